The van der Waals surface area contributed by atoms with Gasteiger partial charge in [0.05, 0.1) is 6.10 Å². The number of halogens is 1. The lowest BCUT2D eigenvalue weighted by Gasteiger charge is -2.22. The van der Waals surface area contributed by atoms with Crippen LogP contribution in [0.2, 0.25) is 5.15 Å². The molecule has 3 N–H and O–H groups in total. The second-order valence-corrected chi connectivity index (χ2v) is 5.57. The van der Waals surface area contributed by atoms with Crippen LogP contribution in [-0.2, 0) is 11.2 Å². The average molecular weight is 312 g/mol. The van der Waals surface area contributed by atoms with E-state index < -0.39 is 18.1 Å². The first-order valence-corrected chi connectivity index (χ1v) is 7.25. The Labute approximate surface area is 127 Å². The van der Waals surface area contributed by atoms with Gasteiger partial charge in [-0.05, 0) is 18.6 Å². The van der Waals surface area contributed by atoms with Crippen molar-refractivity contribution in [1.82, 2.24) is 9.88 Å². The number of aromatic nitrogens is 1. The molecule has 2 amide bonds. The van der Waals surface area contributed by atoms with Gasteiger partial charge in [-0.2, -0.15) is 0 Å². The van der Waals surface area contributed by atoms with Crippen molar-refractivity contribution in [1.29, 1.82) is 0 Å². The Kier molecular flexibility index (Phi) is 4.80. The summed E-state index contributed by atoms with van der Waals surface area (Å²) in [5, 5.41) is 9.90. The van der Waals surface area contributed by atoms with Crippen LogP contribution >= 0.6 is 11.6 Å². The lowest BCUT2D eigenvalue weighted by atomic mass is 10.1. The van der Waals surface area contributed by atoms with Crippen LogP contribution < -0.4 is 5.73 Å². The molecule has 0 saturated carbocycles. The van der Waals surface area contributed by atoms with Crippen molar-refractivity contribution in [2.45, 2.75) is 38.3 Å². The fourth-order valence-corrected chi connectivity index (χ4v) is 2.76. The van der Waals surface area contributed by atoms with Gasteiger partial charge in [0.25, 0.3) is 5.91 Å². The Hall–Kier alpha value is -1.66. The van der Waals surface area contributed by atoms with E-state index in [9.17, 15) is 14.7 Å². The van der Waals surface area contributed by atoms with E-state index >= 15 is 0 Å². The number of aryl methyl sites for hydroxylation is 1. The number of β-amino-alcohol motifs (C(OH)–C–C–N with tert-alkyl or cyclic N) is 1. The zero-order valence-corrected chi connectivity index (χ0v) is 12.5. The number of carbonyl (C=O) groups is 2. The van der Waals surface area contributed by atoms with Gasteiger partial charge in [-0.1, -0.05) is 24.9 Å². The molecule has 1 aliphatic heterocycles. The number of nitrogens with two attached hydrogens (primary N) is 1. The smallest absolute Gasteiger partial charge is 0.254 e. The number of rotatable bonds is 4. The van der Waals surface area contributed by atoms with Gasteiger partial charge < -0.3 is 15.7 Å². The lowest BCUT2D eigenvalue weighted by Crippen LogP contribution is -2.43. The molecule has 1 fully saturated rings. The lowest BCUT2D eigenvalue weighted by molar-refractivity contribution is -0.121. The van der Waals surface area contributed by atoms with E-state index in [0.29, 0.717) is 12.0 Å². The number of amides is 2. The Bertz CT molecular complexity index is 564. The minimum atomic E-state index is -0.783. The molecular weight excluding hydrogens is 294 g/mol. The Morgan fingerprint density at radius 1 is 1.52 bits per heavy atom. The molecule has 2 atom stereocenters. The van der Waals surface area contributed by atoms with E-state index in [1.807, 2.05) is 6.92 Å². The van der Waals surface area contributed by atoms with E-state index in [0.717, 1.165) is 12.1 Å². The highest BCUT2D eigenvalue weighted by Crippen LogP contribution is 2.22. The zero-order chi connectivity index (χ0) is 15.6. The van der Waals surface area contributed by atoms with E-state index in [2.05, 4.69) is 4.98 Å². The quantitative estimate of drug-likeness (QED) is 0.802. The molecular formula is C14H18ClN3O3. The van der Waals surface area contributed by atoms with Crippen molar-refractivity contribution in [2.24, 2.45) is 5.73 Å². The maximum Gasteiger partial charge on any atom is 0.254 e. The second kappa shape index (κ2) is 6.41. The van der Waals surface area contributed by atoms with Gasteiger partial charge in [-0.15, -0.1) is 0 Å². The molecule has 1 saturated heterocycles. The number of aliphatic hydroxyl groups is 1. The van der Waals surface area contributed by atoms with Gasteiger partial charge >= 0.3 is 0 Å². The number of carbonyl (C=O) groups excluding carboxylic acids is 2. The fourth-order valence-electron chi connectivity index (χ4n) is 2.53. The van der Waals surface area contributed by atoms with Crippen LogP contribution in [0.4, 0.5) is 0 Å². The third-order valence-corrected chi connectivity index (χ3v) is 3.66. The standard InChI is InChI=1S/C14H18ClN3O3/c1-2-3-9-4-8(5-12(15)17-9)14(21)18-7-10(19)6-11(18)13(16)20/h4-5,10-11,19H,2-3,6-7H2,1H3,(H2,16,20). The van der Waals surface area contributed by atoms with Crippen LogP contribution in [0, 0.1) is 0 Å². The normalized spacial score (nSPS) is 21.6. The van der Waals surface area contributed by atoms with Crippen molar-refractivity contribution < 1.29 is 14.7 Å². The molecule has 7 heteroatoms. The highest BCUT2D eigenvalue weighted by Gasteiger charge is 2.38. The molecule has 2 rings (SSSR count). The summed E-state index contributed by atoms with van der Waals surface area (Å²) in [6.45, 7) is 2.10. The van der Waals surface area contributed by atoms with Crippen LogP contribution in [-0.4, -0.2) is 45.5 Å². The van der Waals surface area contributed by atoms with Crippen molar-refractivity contribution >= 4 is 23.4 Å². The number of likely N-dealkylation sites (tertiary alicyclic amines) is 1. The highest BCUT2D eigenvalue weighted by atomic mass is 35.5. The summed E-state index contributed by atoms with van der Waals surface area (Å²) in [5.41, 5.74) is 6.38. The summed E-state index contributed by atoms with van der Waals surface area (Å²) >= 11 is 5.94. The van der Waals surface area contributed by atoms with Crippen molar-refractivity contribution in [2.75, 3.05) is 6.54 Å². The zero-order valence-electron chi connectivity index (χ0n) is 11.8. The van der Waals surface area contributed by atoms with E-state index in [1.165, 1.54) is 11.0 Å². The molecule has 21 heavy (non-hydrogen) atoms. The molecule has 2 heterocycles. The van der Waals surface area contributed by atoms with E-state index in [4.69, 9.17) is 17.3 Å². The molecule has 1 aromatic heterocycles. The van der Waals surface area contributed by atoms with Gasteiger partial charge in [-0.3, -0.25) is 9.59 Å². The first-order valence-electron chi connectivity index (χ1n) is 6.87. The number of nitrogens with zero attached hydrogens (tertiary/aromatic N) is 2. The van der Waals surface area contributed by atoms with E-state index in [1.54, 1.807) is 6.07 Å². The molecule has 1 aliphatic rings. The topological polar surface area (TPSA) is 96.5 Å². The van der Waals surface area contributed by atoms with Crippen LogP contribution in [0.3, 0.4) is 0 Å². The fraction of sp³-hybridized carbons (Fsp3) is 0.500. The minimum Gasteiger partial charge on any atom is -0.391 e. The number of pyridine rings is 1. The predicted molar refractivity (Wildman–Crippen MR) is 77.9 cm³/mol. The molecule has 1 aromatic rings. The van der Waals surface area contributed by atoms with Gasteiger partial charge in [-0.25, -0.2) is 4.98 Å². The Morgan fingerprint density at radius 3 is 2.86 bits per heavy atom. The molecule has 0 aliphatic carbocycles. The highest BCUT2D eigenvalue weighted by molar-refractivity contribution is 6.29. The van der Waals surface area contributed by atoms with Crippen molar-refractivity contribution in [3.63, 3.8) is 0 Å². The Morgan fingerprint density at radius 2 is 2.24 bits per heavy atom. The summed E-state index contributed by atoms with van der Waals surface area (Å²) in [6.07, 6.45) is 1.02. The third-order valence-electron chi connectivity index (χ3n) is 3.47. The first kappa shape index (κ1) is 15.7. The van der Waals surface area contributed by atoms with Gasteiger partial charge in [0.2, 0.25) is 5.91 Å². The second-order valence-electron chi connectivity index (χ2n) is 5.19. The summed E-state index contributed by atoms with van der Waals surface area (Å²) < 4.78 is 0. The monoisotopic (exact) mass is 311 g/mol. The van der Waals surface area contributed by atoms with Crippen LogP contribution in [0.15, 0.2) is 12.1 Å². The molecule has 0 aromatic carbocycles. The van der Waals surface area contributed by atoms with Crippen molar-refractivity contribution in [3.8, 4) is 0 Å². The molecule has 0 spiro atoms. The van der Waals surface area contributed by atoms with Crippen molar-refractivity contribution in [3.05, 3.63) is 28.5 Å². The maximum atomic E-state index is 12.5. The molecule has 0 bridgehead atoms. The average Bonchev–Trinajstić information content (AvgIpc) is 2.80. The minimum absolute atomic E-state index is 0.0928. The molecule has 6 nitrogen and oxygen atoms in total. The van der Waals surface area contributed by atoms with Gasteiger partial charge in [0.15, 0.2) is 0 Å². The van der Waals surface area contributed by atoms with Crippen LogP contribution in [0.1, 0.15) is 35.8 Å². The Balaban J connectivity index is 2.28. The number of hydrogen-bond acceptors (Lipinski definition) is 4. The predicted octanol–water partition coefficient (Wildman–Crippen LogP) is 0.748. The van der Waals surface area contributed by atoms with Crippen LogP contribution in [0.25, 0.3) is 0 Å². The summed E-state index contributed by atoms with van der Waals surface area (Å²) in [7, 11) is 0. The number of aliphatic hydroxyl groups excluding tert-OH is 1. The summed E-state index contributed by atoms with van der Waals surface area (Å²) in [6, 6.07) is 2.35. The van der Waals surface area contributed by atoms with E-state index in [-0.39, 0.29) is 24.0 Å². The number of primary amides is 1. The SMILES string of the molecule is CCCc1cc(C(=O)N2CC(O)CC2C(N)=O)cc(Cl)n1. The molecule has 0 radical (unpaired) electrons. The first-order chi connectivity index (χ1) is 9.92. The number of hydrogen-bond donors (Lipinski definition) is 2. The summed E-state index contributed by atoms with van der Waals surface area (Å²) in [5.74, 6) is -0.981. The molecule has 2 unspecified atom stereocenters. The van der Waals surface area contributed by atoms with Gasteiger partial charge in [0.1, 0.15) is 11.2 Å². The van der Waals surface area contributed by atoms with Gasteiger partial charge in [0, 0.05) is 24.2 Å². The maximum absolute atomic E-state index is 12.5. The van der Waals surface area contributed by atoms with Crippen LogP contribution in [0.5, 0.6) is 0 Å². The summed E-state index contributed by atoms with van der Waals surface area (Å²) in [4.78, 5) is 29.4. The largest absolute Gasteiger partial charge is 0.391 e. The molecule has 114 valence electrons. The third kappa shape index (κ3) is 3.51.